The predicted octanol–water partition coefficient (Wildman–Crippen LogP) is 4.08. The second-order valence-corrected chi connectivity index (χ2v) is 22.4. The maximum atomic E-state index is 14.3. The third-order valence-electron chi connectivity index (χ3n) is 6.98. The summed E-state index contributed by atoms with van der Waals surface area (Å²) >= 11 is 8.67. The van der Waals surface area contributed by atoms with Gasteiger partial charge in [0.15, 0.2) is 20.6 Å². The number of benzene rings is 1. The van der Waals surface area contributed by atoms with Crippen molar-refractivity contribution >= 4 is 89.8 Å². The van der Waals surface area contributed by atoms with E-state index in [1.165, 1.54) is 33.3 Å². The molecule has 0 saturated carbocycles. The van der Waals surface area contributed by atoms with Gasteiger partial charge in [-0.1, -0.05) is 18.5 Å². The largest absolute Gasteiger partial charge is 0.778 e. The highest BCUT2D eigenvalue weighted by molar-refractivity contribution is 9.10. The van der Waals surface area contributed by atoms with E-state index in [0.29, 0.717) is 15.6 Å². The van der Waals surface area contributed by atoms with E-state index < -0.39 is 96.4 Å². The quantitative estimate of drug-likeness (QED) is 0.0514. The maximum Gasteiger partial charge on any atom is 0.434 e. The molecule has 0 aliphatic heterocycles. The van der Waals surface area contributed by atoms with Crippen LogP contribution in [0.2, 0.25) is 5.02 Å². The summed E-state index contributed by atoms with van der Waals surface area (Å²) in [7, 11) is -8.47. The number of nitrogens with one attached hydrogen (secondary N) is 3. The van der Waals surface area contributed by atoms with Gasteiger partial charge in [-0.3, -0.25) is 20.1 Å². The lowest BCUT2D eigenvalue weighted by Crippen LogP contribution is -2.36. The number of amides is 2. The van der Waals surface area contributed by atoms with E-state index in [0.717, 1.165) is 31.4 Å². The van der Waals surface area contributed by atoms with E-state index in [4.69, 9.17) is 35.8 Å². The molecule has 4 rings (SSSR count). The van der Waals surface area contributed by atoms with Crippen LogP contribution in [0.3, 0.4) is 0 Å². The fourth-order valence-electron chi connectivity index (χ4n) is 4.38. The van der Waals surface area contributed by atoms with Crippen LogP contribution >= 0.6 is 35.1 Å². The molecule has 0 fully saturated rings. The zero-order valence-corrected chi connectivity index (χ0v) is 42.3. The van der Waals surface area contributed by atoms with Crippen molar-refractivity contribution in [3.05, 3.63) is 63.1 Å². The van der Waals surface area contributed by atoms with Crippen molar-refractivity contribution in [2.24, 2.45) is 7.05 Å². The van der Waals surface area contributed by atoms with E-state index in [1.807, 2.05) is 5.32 Å². The minimum Gasteiger partial charge on any atom is -0.778 e. The Labute approximate surface area is 398 Å². The minimum atomic E-state index is -4.69. The van der Waals surface area contributed by atoms with Crippen molar-refractivity contribution in [3.8, 4) is 23.0 Å². The highest BCUT2D eigenvalue weighted by Crippen LogP contribution is 2.41. The SMILES string of the molecule is CC(C)OC(=O)c1cc(-c2nn(C)c(C(F)(F)F)c2Br)c(F)cc1Cl.CCS(=O)(=O)c1cccnc1S(=O)(=O)NC(=O)Nc1nc(OC)cc(OC)n1.C[S+](C)C.O=C(O)CNCP(=O)([O-])O. The number of urea groups is 1. The van der Waals surface area contributed by atoms with Gasteiger partial charge in [-0.05, 0) is 64.9 Å². The van der Waals surface area contributed by atoms with Crippen molar-refractivity contribution in [2.45, 2.75) is 43.0 Å². The van der Waals surface area contributed by atoms with Gasteiger partial charge in [0, 0.05) is 18.8 Å². The first-order chi connectivity index (χ1) is 30.7. The lowest BCUT2D eigenvalue weighted by molar-refractivity contribution is -0.193. The highest BCUT2D eigenvalue weighted by Gasteiger charge is 2.39. The van der Waals surface area contributed by atoms with Gasteiger partial charge in [0.2, 0.25) is 17.7 Å². The predicted molar refractivity (Wildman–Crippen MR) is 239 cm³/mol. The molecule has 0 aliphatic rings. The molecule has 0 radical (unpaired) electrons. The van der Waals surface area contributed by atoms with Crippen molar-refractivity contribution < 1.29 is 82.4 Å². The minimum absolute atomic E-state index is 0.0612. The molecule has 0 saturated heterocycles. The summed E-state index contributed by atoms with van der Waals surface area (Å²) in [6, 6.07) is 4.33. The molecule has 1 aromatic carbocycles. The van der Waals surface area contributed by atoms with Crippen LogP contribution in [-0.2, 0) is 58.1 Å². The van der Waals surface area contributed by atoms with Gasteiger partial charge in [-0.15, -0.1) is 0 Å². The number of carbonyl (C=O) groups excluding carboxylic acids is 2. The van der Waals surface area contributed by atoms with Crippen LogP contribution in [0, 0.1) is 5.82 Å². The summed E-state index contributed by atoms with van der Waals surface area (Å²) in [5, 5.41) is 14.8. The van der Waals surface area contributed by atoms with Crippen LogP contribution in [-0.4, -0.2) is 127 Å². The number of methoxy groups -OCH3 is 2. The second kappa shape index (κ2) is 26.2. The molecule has 5 N–H and O–H groups in total. The van der Waals surface area contributed by atoms with Crippen LogP contribution in [0.5, 0.6) is 11.8 Å². The third kappa shape index (κ3) is 20.2. The van der Waals surface area contributed by atoms with Crippen LogP contribution in [0.1, 0.15) is 36.8 Å². The molecule has 32 heteroatoms. The Bertz CT molecular complexity index is 2620. The summed E-state index contributed by atoms with van der Waals surface area (Å²) < 4.78 is 129. The zero-order valence-electron chi connectivity index (χ0n) is 36.6. The molecular weight excluding hydrogens is 1070 g/mol. The fourth-order valence-corrected chi connectivity index (χ4v) is 8.33. The Morgan fingerprint density at radius 2 is 1.61 bits per heavy atom. The monoisotopic (exact) mass is 1120 g/mol. The number of halogens is 6. The molecule has 0 aliphatic carbocycles. The fraction of sp³-hybridized carbons (Fsp3) is 0.400. The summed E-state index contributed by atoms with van der Waals surface area (Å²) in [6.45, 7) is 4.10. The first-order valence-electron chi connectivity index (χ1n) is 18.1. The number of esters is 1. The molecule has 1 atom stereocenters. The average Bonchev–Trinajstić information content (AvgIpc) is 3.50. The number of sulfone groups is 1. The Kier molecular flexibility index (Phi) is 23.6. The van der Waals surface area contributed by atoms with E-state index >= 15 is 0 Å². The van der Waals surface area contributed by atoms with E-state index in [-0.39, 0.29) is 45.3 Å². The normalized spacial score (nSPS) is 12.2. The van der Waals surface area contributed by atoms with E-state index in [9.17, 15) is 58.2 Å². The summed E-state index contributed by atoms with van der Waals surface area (Å²) in [4.78, 5) is 62.6. The highest BCUT2D eigenvalue weighted by atomic mass is 79.9. The average molecular weight is 1120 g/mol. The topological polar surface area (TPSA) is 320 Å². The van der Waals surface area contributed by atoms with Crippen LogP contribution in [0.25, 0.3) is 11.3 Å². The number of hydrogen-bond donors (Lipinski definition) is 5. The Hall–Kier alpha value is -4.68. The van der Waals surface area contributed by atoms with Gasteiger partial charge < -0.3 is 33.7 Å². The Morgan fingerprint density at radius 1 is 1.06 bits per heavy atom. The standard InChI is InChI=1S/C15H12BrClF4N2O2.C14H17N5O7S2.C3H8NO5P.C3H9S/c1-6(2)25-14(24)7-4-8(10(18)5-9(7)17)12-11(16)13(15(19,20)21)23(3)22-12;1-4-27(21,22)9-6-5-7-15-12(9)28(23,24)19-14(20)18-13-16-10(25-2)8-11(17-13)26-3;5-3(6)1-4-2-10(7,8)9;1-4(2)3/h4-6H,1-3H3;5-8H,4H2,1-3H3,(H2,16,17,18,19,20);4H,1-2H2,(H,5,6)(H2,7,8,9);1-3H3/q;;;+1/p-1. The number of aryl methyl sites for hydroxylation is 1. The smallest absolute Gasteiger partial charge is 0.434 e. The van der Waals surface area contributed by atoms with Crippen molar-refractivity contribution in [3.63, 3.8) is 0 Å². The number of aromatic nitrogens is 5. The Morgan fingerprint density at radius 3 is 2.06 bits per heavy atom. The van der Waals surface area contributed by atoms with E-state index in [2.05, 4.69) is 60.1 Å². The molecule has 3 heterocycles. The number of carboxylic acids is 1. The van der Waals surface area contributed by atoms with Gasteiger partial charge in [0.25, 0.3) is 10.0 Å². The summed E-state index contributed by atoms with van der Waals surface area (Å²) in [5.41, 5.74) is -1.86. The third-order valence-corrected chi connectivity index (χ3v) is 11.8. The first kappa shape index (κ1) is 60.3. The number of carboxylic acid groups (broad SMARTS) is 1. The van der Waals surface area contributed by atoms with Gasteiger partial charge in [0.05, 0.1) is 78.8 Å². The molecule has 22 nitrogen and oxygen atoms in total. The molecular formula is C35H45BrClF4N8O14PS3. The number of anilines is 1. The number of sulfonamides is 1. The number of carbonyl (C=O) groups is 3. The van der Waals surface area contributed by atoms with Gasteiger partial charge >= 0.3 is 24.1 Å². The number of alkyl halides is 3. The molecule has 374 valence electrons. The molecule has 0 spiro atoms. The summed E-state index contributed by atoms with van der Waals surface area (Å²) in [6.07, 6.45) is 1.83. The van der Waals surface area contributed by atoms with Gasteiger partial charge in [-0.2, -0.15) is 36.7 Å². The van der Waals surface area contributed by atoms with Crippen molar-refractivity contribution in [1.29, 1.82) is 0 Å². The lowest BCUT2D eigenvalue weighted by Gasteiger charge is -2.14. The van der Waals surface area contributed by atoms with Crippen LogP contribution in [0.4, 0.5) is 28.3 Å². The maximum absolute atomic E-state index is 14.3. The van der Waals surface area contributed by atoms with Crippen molar-refractivity contribution in [2.75, 3.05) is 56.9 Å². The lowest BCUT2D eigenvalue weighted by atomic mass is 10.1. The number of pyridine rings is 1. The van der Waals surface area contributed by atoms with Crippen LogP contribution in [0.15, 0.2) is 50.9 Å². The number of ether oxygens (including phenoxy) is 3. The van der Waals surface area contributed by atoms with Gasteiger partial charge in [-0.25, -0.2) is 32.1 Å². The van der Waals surface area contributed by atoms with Crippen molar-refractivity contribution in [1.82, 2.24) is 34.8 Å². The zero-order chi connectivity index (χ0) is 51.8. The van der Waals surface area contributed by atoms with Crippen LogP contribution < -0.4 is 29.7 Å². The summed E-state index contributed by atoms with van der Waals surface area (Å²) in [5.74, 6) is -3.43. The molecule has 0 bridgehead atoms. The molecule has 3 aromatic heterocycles. The Balaban J connectivity index is 0.000000525. The molecule has 4 aromatic rings. The number of rotatable bonds is 14. The van der Waals surface area contributed by atoms with E-state index in [1.54, 1.807) is 18.6 Å². The first-order valence-corrected chi connectivity index (χ1v) is 26.7. The second-order valence-electron chi connectivity index (χ2n) is 13.3. The molecule has 67 heavy (non-hydrogen) atoms. The molecule has 1 unspecified atom stereocenters. The number of aliphatic carboxylic acids is 1. The van der Waals surface area contributed by atoms with Gasteiger partial charge in [0.1, 0.15) is 24.0 Å². The number of hydrogen-bond acceptors (Lipinski definition) is 17. The number of nitrogens with zero attached hydrogens (tertiary/aromatic N) is 5. The molecule has 2 amide bonds.